The third-order valence-corrected chi connectivity index (χ3v) is 22.7. The minimum atomic E-state index is -0.275. The minimum absolute atomic E-state index is 0.0743. The maximum Gasteiger partial charge on any atom is 0.306 e. The predicted octanol–water partition coefficient (Wildman–Crippen LogP) is 14.2. The zero-order valence-electron chi connectivity index (χ0n) is 40.6. The van der Waals surface area contributed by atoms with Crippen LogP contribution in [0.5, 0.6) is 0 Å². The van der Waals surface area contributed by atoms with Gasteiger partial charge in [0.05, 0.1) is 11.4 Å². The molecule has 2 aromatic rings. The van der Waals surface area contributed by atoms with Crippen LogP contribution in [0.4, 0.5) is 11.4 Å². The summed E-state index contributed by atoms with van der Waals surface area (Å²) in [6.45, 7) is 14.4. The molecule has 0 bridgehead atoms. The molecule has 0 unspecified atom stereocenters. The van der Waals surface area contributed by atoms with E-state index in [-0.39, 0.29) is 55.5 Å². The molecule has 0 radical (unpaired) electrons. The van der Waals surface area contributed by atoms with Crippen molar-refractivity contribution in [1.29, 1.82) is 0 Å². The largest absolute Gasteiger partial charge is 0.464 e. The summed E-state index contributed by atoms with van der Waals surface area (Å²) >= 11 is 13.6. The molecule has 3 fully saturated rings. The molecule has 15 heteroatoms. The van der Waals surface area contributed by atoms with Crippen molar-refractivity contribution in [1.82, 2.24) is 4.90 Å². The van der Waals surface area contributed by atoms with E-state index in [1.54, 1.807) is 0 Å². The third kappa shape index (κ3) is 14.5. The summed E-state index contributed by atoms with van der Waals surface area (Å²) in [4.78, 5) is 41.4. The van der Waals surface area contributed by atoms with E-state index >= 15 is 0 Å². The van der Waals surface area contributed by atoms with Crippen LogP contribution in [0.2, 0.25) is 0 Å². The average Bonchev–Trinajstić information content (AvgIpc) is 3.64. The van der Waals surface area contributed by atoms with Crippen molar-refractivity contribution < 1.29 is 28.6 Å². The summed E-state index contributed by atoms with van der Waals surface area (Å²) in [6, 6.07) is 4.08. The Morgan fingerprint density at radius 1 is 0.706 bits per heavy atom. The summed E-state index contributed by atoms with van der Waals surface area (Å²) < 4.78 is 23.8. The molecule has 6 rings (SSSR count). The fourth-order valence-corrected chi connectivity index (χ4v) is 20.5. The number of hydrogen-bond donors (Lipinski definition) is 2. The van der Waals surface area contributed by atoms with Crippen LogP contribution in [-0.2, 0) is 41.4 Å². The lowest BCUT2D eigenvalue weighted by atomic mass is 9.47. The number of carbonyl (C=O) groups excluding carboxylic acids is 3. The number of halogens is 6. The van der Waals surface area contributed by atoms with Crippen molar-refractivity contribution in [2.45, 2.75) is 150 Å². The number of allylic oxidation sites excluding steroid dienone is 1. The predicted molar refractivity (Wildman–Crippen MR) is 325 cm³/mol. The molecule has 378 valence electrons. The van der Waals surface area contributed by atoms with Gasteiger partial charge in [-0.15, -0.1) is 0 Å². The molecule has 9 nitrogen and oxygen atoms in total. The Kier molecular flexibility index (Phi) is 22.4. The maximum absolute atomic E-state index is 13.4. The fourth-order valence-electron chi connectivity index (χ4n) is 12.7. The molecule has 2 aromatic carbocycles. The second-order valence-electron chi connectivity index (χ2n) is 21.1. The van der Waals surface area contributed by atoms with Crippen LogP contribution < -0.4 is 11.5 Å². The number of nitrogens with two attached hydrogens (primary N) is 2. The molecule has 4 aliphatic rings. The fraction of sp³-hybridized carbons (Fsp3) is 0.679. The average molecular weight is 1610 g/mol. The van der Waals surface area contributed by atoms with E-state index in [4.69, 9.17) is 25.7 Å². The number of ether oxygens (including phenoxy) is 3. The first-order valence-electron chi connectivity index (χ1n) is 25.0. The van der Waals surface area contributed by atoms with Crippen LogP contribution in [0.3, 0.4) is 0 Å². The Morgan fingerprint density at radius 3 is 1.87 bits per heavy atom. The van der Waals surface area contributed by atoms with Crippen molar-refractivity contribution in [2.75, 3.05) is 44.3 Å². The second kappa shape index (κ2) is 26.3. The normalized spacial score (nSPS) is 25.9. The molecule has 0 spiro atoms. The van der Waals surface area contributed by atoms with E-state index in [0.29, 0.717) is 50.7 Å². The van der Waals surface area contributed by atoms with E-state index in [1.165, 1.54) is 56.9 Å². The van der Waals surface area contributed by atoms with Crippen LogP contribution in [0.15, 0.2) is 23.8 Å². The van der Waals surface area contributed by atoms with Gasteiger partial charge in [0.2, 0.25) is 0 Å². The Labute approximate surface area is 489 Å². The van der Waals surface area contributed by atoms with Crippen molar-refractivity contribution in [3.63, 3.8) is 0 Å². The summed E-state index contributed by atoms with van der Waals surface area (Å²) in [5.41, 5.74) is 18.4. The highest BCUT2D eigenvalue weighted by molar-refractivity contribution is 14.1. The number of benzene rings is 2. The van der Waals surface area contributed by atoms with E-state index in [0.717, 1.165) is 98.7 Å². The topological polar surface area (TPSA) is 134 Å². The molecule has 0 saturated heterocycles. The van der Waals surface area contributed by atoms with Crippen molar-refractivity contribution >= 4 is 165 Å². The van der Waals surface area contributed by atoms with Gasteiger partial charge in [0.25, 0.3) is 0 Å². The van der Waals surface area contributed by atoms with Crippen LogP contribution >= 0.6 is 136 Å². The molecule has 0 amide bonds. The van der Waals surface area contributed by atoms with E-state index in [2.05, 4.69) is 181 Å². The Hall–Kier alpha value is 0.530. The molecule has 3 saturated carbocycles. The summed E-state index contributed by atoms with van der Waals surface area (Å²) in [7, 11) is 0. The Morgan fingerprint density at radius 2 is 1.29 bits per heavy atom. The zero-order valence-corrected chi connectivity index (χ0v) is 53.6. The van der Waals surface area contributed by atoms with E-state index in [9.17, 15) is 14.4 Å². The SMILES string of the molecule is CC(C)CCC[C@@H](C)[C@H]1CC[C@H]2[C@@H]3CC=C4C[C@@H](OC(=O)CCCN(CCOC(=O)CCc5c(I)cc(I)c(N)c5I)CCOC(=O)CCc5c(I)cc(I)c(N)c5I)CC[C@]4(C)[C@H]3CC[C@]12C. The van der Waals surface area contributed by atoms with Crippen LogP contribution in [0.25, 0.3) is 0 Å². The number of nitrogen functional groups attached to an aromatic ring is 2. The maximum atomic E-state index is 13.4. The van der Waals surface area contributed by atoms with Gasteiger partial charge in [-0.05, 0) is 276 Å². The molecular weight excluding hydrogens is 1540 g/mol. The van der Waals surface area contributed by atoms with Gasteiger partial charge in [-0.25, -0.2) is 0 Å². The number of anilines is 2. The van der Waals surface area contributed by atoms with E-state index in [1.807, 2.05) is 12.1 Å². The first kappa shape index (κ1) is 57.8. The molecule has 4 aliphatic carbocycles. The van der Waals surface area contributed by atoms with Gasteiger partial charge in [-0.3, -0.25) is 19.3 Å². The van der Waals surface area contributed by atoms with Crippen molar-refractivity contribution in [3.8, 4) is 0 Å². The van der Waals surface area contributed by atoms with Crippen LogP contribution in [-0.4, -0.2) is 61.8 Å². The second-order valence-corrected chi connectivity index (χ2v) is 27.9. The van der Waals surface area contributed by atoms with Gasteiger partial charge in [0, 0.05) is 60.2 Å². The zero-order chi connectivity index (χ0) is 49.5. The Bertz CT molecular complexity index is 2070. The molecule has 4 N–H and O–H groups in total. The quantitative estimate of drug-likeness (QED) is 0.0388. The highest BCUT2D eigenvalue weighted by atomic mass is 127. The van der Waals surface area contributed by atoms with Gasteiger partial charge in [0.15, 0.2) is 0 Å². The summed E-state index contributed by atoms with van der Waals surface area (Å²) in [5, 5.41) is 0. The highest BCUT2D eigenvalue weighted by Crippen LogP contribution is 2.67. The first-order valence-corrected chi connectivity index (χ1v) is 31.5. The standard InChI is InChI=1S/C53H73I6N3O6/c1-31(2)8-6-9-32(3)38-15-16-39-35-12-11-33-28-34(19-21-52(33,4)40(35)20-22-53(38,39)5)68-47(65)10-7-23-62(24-26-66-45(63)17-13-36-41(54)29-43(56)50(60)48(36)58)25-27-67-46(64)18-14-37-42(55)30-44(57)51(61)49(37)59/h11,29-32,34-35,38-40H,6-10,12-28,60-61H2,1-5H3/t32-,34+,35+,38-,39+,40+,52+,53-/m1/s1. The minimum Gasteiger partial charge on any atom is -0.464 e. The molecule has 68 heavy (non-hydrogen) atoms. The van der Waals surface area contributed by atoms with Crippen LogP contribution in [0, 0.1) is 67.8 Å². The van der Waals surface area contributed by atoms with Gasteiger partial charge in [-0.2, -0.15) is 0 Å². The lowest BCUT2D eigenvalue weighted by Crippen LogP contribution is -2.51. The van der Waals surface area contributed by atoms with Gasteiger partial charge in [0.1, 0.15) is 19.3 Å². The molecular formula is C53H73I6N3O6. The number of esters is 3. The molecule has 0 heterocycles. The number of rotatable bonds is 22. The molecule has 8 atom stereocenters. The molecule has 0 aliphatic heterocycles. The highest BCUT2D eigenvalue weighted by Gasteiger charge is 2.59. The monoisotopic (exact) mass is 1610 g/mol. The number of nitrogens with zero attached hydrogens (tertiary/aromatic N) is 1. The Balaban J connectivity index is 0.984. The smallest absolute Gasteiger partial charge is 0.306 e. The van der Waals surface area contributed by atoms with E-state index < -0.39 is 0 Å². The van der Waals surface area contributed by atoms with Gasteiger partial charge in [-0.1, -0.05) is 65.5 Å². The summed E-state index contributed by atoms with van der Waals surface area (Å²) in [6.07, 6.45) is 18.7. The summed E-state index contributed by atoms with van der Waals surface area (Å²) in [5.74, 6) is 4.11. The molecule has 0 aromatic heterocycles. The van der Waals surface area contributed by atoms with Crippen molar-refractivity contribution in [3.05, 3.63) is 56.3 Å². The van der Waals surface area contributed by atoms with Crippen molar-refractivity contribution in [2.24, 2.45) is 46.3 Å². The number of hydrogen-bond acceptors (Lipinski definition) is 9. The third-order valence-electron chi connectivity index (χ3n) is 16.5. The lowest BCUT2D eigenvalue weighted by Gasteiger charge is -2.58. The van der Waals surface area contributed by atoms with Crippen LogP contribution in [0.1, 0.15) is 142 Å². The van der Waals surface area contributed by atoms with Gasteiger partial charge >= 0.3 is 17.9 Å². The lowest BCUT2D eigenvalue weighted by molar-refractivity contribution is -0.151. The van der Waals surface area contributed by atoms with Gasteiger partial charge < -0.3 is 25.7 Å². The number of fused-ring (bicyclic) bond motifs is 5. The number of carbonyl (C=O) groups is 3. The first-order chi connectivity index (χ1) is 32.2.